The van der Waals surface area contributed by atoms with Crippen LogP contribution in [0.25, 0.3) is 0 Å². The number of nitrogens with one attached hydrogen (secondary N) is 1. The van der Waals surface area contributed by atoms with Gasteiger partial charge in [-0.1, -0.05) is 0 Å². The summed E-state index contributed by atoms with van der Waals surface area (Å²) in [6, 6.07) is 3.03. The van der Waals surface area contributed by atoms with Crippen molar-refractivity contribution < 1.29 is 19.2 Å². The molecule has 0 spiro atoms. The Labute approximate surface area is 114 Å². The van der Waals surface area contributed by atoms with Crippen LogP contribution in [0.15, 0.2) is 18.2 Å². The first-order chi connectivity index (χ1) is 9.47. The molecule has 1 aliphatic rings. The van der Waals surface area contributed by atoms with Gasteiger partial charge in [-0.25, -0.2) is 0 Å². The van der Waals surface area contributed by atoms with Gasteiger partial charge in [0.15, 0.2) is 0 Å². The van der Waals surface area contributed by atoms with Gasteiger partial charge in [0, 0.05) is 17.7 Å². The van der Waals surface area contributed by atoms with Crippen LogP contribution in [0.5, 0.6) is 0 Å². The van der Waals surface area contributed by atoms with E-state index in [0.29, 0.717) is 25.7 Å². The summed E-state index contributed by atoms with van der Waals surface area (Å²) in [5.74, 6) is -1.48. The molecule has 0 atom stereocenters. The van der Waals surface area contributed by atoms with Gasteiger partial charge in [0.1, 0.15) is 0 Å². The molecule has 7 heteroatoms. The highest BCUT2D eigenvalue weighted by molar-refractivity contribution is 5.94. The highest BCUT2D eigenvalue weighted by atomic mass is 19.1. The van der Waals surface area contributed by atoms with Crippen molar-refractivity contribution in [2.75, 3.05) is 0 Å². The average Bonchev–Trinajstić information content (AvgIpc) is 2.40. The Morgan fingerprint density at radius 2 is 2.00 bits per heavy atom. The van der Waals surface area contributed by atoms with Crippen LogP contribution in [0.4, 0.5) is 10.1 Å². The standard InChI is InChI=1S/C13H15FN2O4/c14-11-7-8(1-6-12(11)16(19)20)13(18)15-9-2-4-10(17)5-3-9/h1,6-7,9-10,17H,2-5H2,(H,15,18). The molecule has 0 unspecified atom stereocenters. The van der Waals surface area contributed by atoms with Crippen LogP contribution in [0.1, 0.15) is 36.0 Å². The van der Waals surface area contributed by atoms with Gasteiger partial charge in [-0.05, 0) is 37.8 Å². The molecule has 0 saturated heterocycles. The number of aliphatic hydroxyl groups excluding tert-OH is 1. The number of nitro groups is 1. The topological polar surface area (TPSA) is 92.5 Å². The number of nitro benzene ring substituents is 1. The van der Waals surface area contributed by atoms with E-state index in [-0.39, 0.29) is 17.7 Å². The molecule has 0 aromatic heterocycles. The Kier molecular flexibility index (Phi) is 4.29. The van der Waals surface area contributed by atoms with Gasteiger partial charge in [0.2, 0.25) is 5.82 Å². The van der Waals surface area contributed by atoms with Gasteiger partial charge in [0.05, 0.1) is 11.0 Å². The molecule has 1 saturated carbocycles. The number of hydrogen-bond donors (Lipinski definition) is 2. The summed E-state index contributed by atoms with van der Waals surface area (Å²) < 4.78 is 13.4. The first-order valence-electron chi connectivity index (χ1n) is 6.40. The fraction of sp³-hybridized carbons (Fsp3) is 0.462. The molecule has 1 amide bonds. The fourth-order valence-corrected chi connectivity index (χ4v) is 2.29. The van der Waals surface area contributed by atoms with Crippen LogP contribution < -0.4 is 5.32 Å². The number of nitrogens with zero attached hydrogens (tertiary/aromatic N) is 1. The number of carbonyl (C=O) groups is 1. The Hall–Kier alpha value is -2.02. The Balaban J connectivity index is 2.02. The maximum Gasteiger partial charge on any atom is 0.304 e. The van der Waals surface area contributed by atoms with Crippen molar-refractivity contribution in [3.8, 4) is 0 Å². The van der Waals surface area contributed by atoms with Gasteiger partial charge in [0.25, 0.3) is 5.91 Å². The molecule has 20 heavy (non-hydrogen) atoms. The fourth-order valence-electron chi connectivity index (χ4n) is 2.29. The van der Waals surface area contributed by atoms with E-state index in [9.17, 15) is 24.4 Å². The minimum Gasteiger partial charge on any atom is -0.393 e. The second kappa shape index (κ2) is 5.96. The molecule has 2 rings (SSSR count). The second-order valence-electron chi connectivity index (χ2n) is 4.90. The molecule has 6 nitrogen and oxygen atoms in total. The lowest BCUT2D eigenvalue weighted by Crippen LogP contribution is -2.38. The lowest BCUT2D eigenvalue weighted by molar-refractivity contribution is -0.387. The molecular weight excluding hydrogens is 267 g/mol. The number of benzene rings is 1. The van der Waals surface area contributed by atoms with Gasteiger partial charge in [-0.2, -0.15) is 4.39 Å². The minimum absolute atomic E-state index is 0.0517. The third-order valence-electron chi connectivity index (χ3n) is 3.44. The molecule has 0 aliphatic heterocycles. The van der Waals surface area contributed by atoms with Crippen LogP contribution in [-0.4, -0.2) is 28.1 Å². The van der Waals surface area contributed by atoms with E-state index >= 15 is 0 Å². The third-order valence-corrected chi connectivity index (χ3v) is 3.44. The number of hydrogen-bond acceptors (Lipinski definition) is 4. The van der Waals surface area contributed by atoms with E-state index in [2.05, 4.69) is 5.32 Å². The molecule has 1 aromatic carbocycles. The Morgan fingerprint density at radius 1 is 1.35 bits per heavy atom. The summed E-state index contributed by atoms with van der Waals surface area (Å²) in [7, 11) is 0. The van der Waals surface area contributed by atoms with E-state index in [1.807, 2.05) is 0 Å². The quantitative estimate of drug-likeness (QED) is 0.652. The summed E-state index contributed by atoms with van der Waals surface area (Å²) in [6.45, 7) is 0. The normalized spacial score (nSPS) is 22.3. The van der Waals surface area contributed by atoms with Crippen LogP contribution >= 0.6 is 0 Å². The first kappa shape index (κ1) is 14.4. The predicted octanol–water partition coefficient (Wildman–Crippen LogP) is 1.77. The molecular formula is C13H15FN2O4. The van der Waals surface area contributed by atoms with Crippen molar-refractivity contribution in [3.05, 3.63) is 39.7 Å². The summed E-state index contributed by atoms with van der Waals surface area (Å²) in [6.07, 6.45) is 2.27. The van der Waals surface area contributed by atoms with Crippen LogP contribution in [-0.2, 0) is 0 Å². The second-order valence-corrected chi connectivity index (χ2v) is 4.90. The zero-order chi connectivity index (χ0) is 14.7. The lowest BCUT2D eigenvalue weighted by Gasteiger charge is -2.26. The van der Waals surface area contributed by atoms with Crippen LogP contribution in [0, 0.1) is 15.9 Å². The van der Waals surface area contributed by atoms with Crippen molar-refractivity contribution in [2.24, 2.45) is 0 Å². The van der Waals surface area contributed by atoms with E-state index in [1.165, 1.54) is 6.07 Å². The van der Waals surface area contributed by atoms with Gasteiger partial charge in [-0.3, -0.25) is 14.9 Å². The minimum atomic E-state index is -1.03. The van der Waals surface area contributed by atoms with E-state index in [1.54, 1.807) is 0 Å². The molecule has 2 N–H and O–H groups in total. The molecule has 1 aliphatic carbocycles. The smallest absolute Gasteiger partial charge is 0.304 e. The highest BCUT2D eigenvalue weighted by Gasteiger charge is 2.22. The monoisotopic (exact) mass is 282 g/mol. The van der Waals surface area contributed by atoms with Crippen molar-refractivity contribution in [3.63, 3.8) is 0 Å². The van der Waals surface area contributed by atoms with Crippen molar-refractivity contribution >= 4 is 11.6 Å². The van der Waals surface area contributed by atoms with Crippen LogP contribution in [0.2, 0.25) is 0 Å². The van der Waals surface area contributed by atoms with Crippen molar-refractivity contribution in [1.82, 2.24) is 5.32 Å². The zero-order valence-electron chi connectivity index (χ0n) is 10.7. The number of amides is 1. The number of aliphatic hydroxyl groups is 1. The number of carbonyl (C=O) groups excluding carboxylic acids is 1. The molecule has 0 bridgehead atoms. The molecule has 1 fully saturated rings. The average molecular weight is 282 g/mol. The number of halogens is 1. The van der Waals surface area contributed by atoms with E-state index in [4.69, 9.17) is 0 Å². The predicted molar refractivity (Wildman–Crippen MR) is 68.8 cm³/mol. The maximum absolute atomic E-state index is 13.4. The van der Waals surface area contributed by atoms with Gasteiger partial charge < -0.3 is 10.4 Å². The van der Waals surface area contributed by atoms with Crippen LogP contribution in [0.3, 0.4) is 0 Å². The third kappa shape index (κ3) is 3.30. The Morgan fingerprint density at radius 3 is 2.55 bits per heavy atom. The van der Waals surface area contributed by atoms with Crippen molar-refractivity contribution in [1.29, 1.82) is 0 Å². The first-order valence-corrected chi connectivity index (χ1v) is 6.40. The molecule has 0 heterocycles. The summed E-state index contributed by atoms with van der Waals surface area (Å²) in [5.41, 5.74) is -0.596. The summed E-state index contributed by atoms with van der Waals surface area (Å²) >= 11 is 0. The molecule has 108 valence electrons. The largest absolute Gasteiger partial charge is 0.393 e. The molecule has 0 radical (unpaired) electrons. The Bertz CT molecular complexity index is 527. The van der Waals surface area contributed by atoms with E-state index < -0.39 is 22.3 Å². The highest BCUT2D eigenvalue weighted by Crippen LogP contribution is 2.20. The van der Waals surface area contributed by atoms with Gasteiger partial charge >= 0.3 is 5.69 Å². The number of rotatable bonds is 3. The zero-order valence-corrected chi connectivity index (χ0v) is 10.7. The van der Waals surface area contributed by atoms with E-state index in [0.717, 1.165) is 12.1 Å². The molecule has 1 aromatic rings. The summed E-state index contributed by atoms with van der Waals surface area (Å²) in [5, 5.41) is 22.6. The lowest BCUT2D eigenvalue weighted by atomic mass is 9.93. The van der Waals surface area contributed by atoms with Gasteiger partial charge in [-0.15, -0.1) is 0 Å². The maximum atomic E-state index is 13.4. The summed E-state index contributed by atoms with van der Waals surface area (Å²) in [4.78, 5) is 21.6. The SMILES string of the molecule is O=C(NC1CCC(O)CC1)c1ccc([N+](=O)[O-])c(F)c1. The van der Waals surface area contributed by atoms with Crippen molar-refractivity contribution in [2.45, 2.75) is 37.8 Å².